The van der Waals surface area contributed by atoms with Crippen molar-refractivity contribution in [3.05, 3.63) is 24.0 Å². The SMILES string of the molecule is CCC(C)Oc1ccc(O)c(F)c1. The summed E-state index contributed by atoms with van der Waals surface area (Å²) in [7, 11) is 0. The molecule has 0 saturated carbocycles. The van der Waals surface area contributed by atoms with E-state index in [4.69, 9.17) is 9.84 Å². The Labute approximate surface area is 77.0 Å². The molecule has 1 aromatic rings. The van der Waals surface area contributed by atoms with Gasteiger partial charge in [0.1, 0.15) is 5.75 Å². The molecule has 0 fully saturated rings. The molecule has 3 heteroatoms. The van der Waals surface area contributed by atoms with E-state index < -0.39 is 5.82 Å². The van der Waals surface area contributed by atoms with Crippen molar-refractivity contribution < 1.29 is 14.2 Å². The third-order valence-corrected chi connectivity index (χ3v) is 1.83. The van der Waals surface area contributed by atoms with Crippen LogP contribution >= 0.6 is 0 Å². The third-order valence-electron chi connectivity index (χ3n) is 1.83. The van der Waals surface area contributed by atoms with Crippen LogP contribution in [0.5, 0.6) is 11.5 Å². The van der Waals surface area contributed by atoms with Crippen molar-refractivity contribution in [3.8, 4) is 11.5 Å². The molecular weight excluding hydrogens is 171 g/mol. The Morgan fingerprint density at radius 2 is 2.23 bits per heavy atom. The first-order chi connectivity index (χ1) is 6.13. The lowest BCUT2D eigenvalue weighted by Crippen LogP contribution is -2.09. The van der Waals surface area contributed by atoms with Crippen molar-refractivity contribution in [2.45, 2.75) is 26.4 Å². The first-order valence-corrected chi connectivity index (χ1v) is 4.28. The van der Waals surface area contributed by atoms with Gasteiger partial charge in [0.2, 0.25) is 0 Å². The molecule has 0 spiro atoms. The van der Waals surface area contributed by atoms with Crippen LogP contribution in [0.25, 0.3) is 0 Å². The van der Waals surface area contributed by atoms with Gasteiger partial charge in [-0.3, -0.25) is 0 Å². The lowest BCUT2D eigenvalue weighted by Gasteiger charge is -2.12. The van der Waals surface area contributed by atoms with E-state index in [2.05, 4.69) is 0 Å². The fourth-order valence-electron chi connectivity index (χ4n) is 0.877. The Kier molecular flexibility index (Phi) is 3.12. The van der Waals surface area contributed by atoms with Crippen LogP contribution in [-0.4, -0.2) is 11.2 Å². The quantitative estimate of drug-likeness (QED) is 0.782. The Morgan fingerprint density at radius 3 is 2.77 bits per heavy atom. The predicted octanol–water partition coefficient (Wildman–Crippen LogP) is 2.71. The minimum Gasteiger partial charge on any atom is -0.505 e. The molecule has 1 atom stereocenters. The predicted molar refractivity (Wildman–Crippen MR) is 48.4 cm³/mol. The van der Waals surface area contributed by atoms with E-state index in [0.717, 1.165) is 6.42 Å². The molecule has 1 unspecified atom stereocenters. The van der Waals surface area contributed by atoms with E-state index in [1.807, 2.05) is 13.8 Å². The largest absolute Gasteiger partial charge is 0.505 e. The Bertz CT molecular complexity index is 286. The Balaban J connectivity index is 2.73. The van der Waals surface area contributed by atoms with E-state index in [1.165, 1.54) is 12.1 Å². The Morgan fingerprint density at radius 1 is 1.54 bits per heavy atom. The molecule has 1 rings (SSSR count). The molecule has 1 aromatic carbocycles. The maximum atomic E-state index is 12.8. The summed E-state index contributed by atoms with van der Waals surface area (Å²) in [5.41, 5.74) is 0. The molecule has 13 heavy (non-hydrogen) atoms. The number of phenols is 1. The highest BCUT2D eigenvalue weighted by Crippen LogP contribution is 2.22. The van der Waals surface area contributed by atoms with Gasteiger partial charge >= 0.3 is 0 Å². The van der Waals surface area contributed by atoms with Crippen molar-refractivity contribution in [2.75, 3.05) is 0 Å². The molecule has 0 aliphatic heterocycles. The average Bonchev–Trinajstić information content (AvgIpc) is 2.11. The zero-order chi connectivity index (χ0) is 9.84. The van der Waals surface area contributed by atoms with E-state index in [1.54, 1.807) is 6.07 Å². The van der Waals surface area contributed by atoms with E-state index in [9.17, 15) is 4.39 Å². The van der Waals surface area contributed by atoms with Crippen molar-refractivity contribution >= 4 is 0 Å². The highest BCUT2D eigenvalue weighted by molar-refractivity contribution is 5.32. The summed E-state index contributed by atoms with van der Waals surface area (Å²) in [6.45, 7) is 3.90. The molecule has 0 heterocycles. The topological polar surface area (TPSA) is 29.5 Å². The fraction of sp³-hybridized carbons (Fsp3) is 0.400. The molecule has 0 saturated heterocycles. The minimum absolute atomic E-state index is 0.0592. The van der Waals surface area contributed by atoms with Crippen LogP contribution in [0.2, 0.25) is 0 Å². The Hall–Kier alpha value is -1.25. The van der Waals surface area contributed by atoms with Gasteiger partial charge in [-0.1, -0.05) is 6.92 Å². The van der Waals surface area contributed by atoms with Gasteiger partial charge in [-0.25, -0.2) is 4.39 Å². The van der Waals surface area contributed by atoms with Crippen molar-refractivity contribution in [1.29, 1.82) is 0 Å². The minimum atomic E-state index is -0.652. The monoisotopic (exact) mass is 184 g/mol. The van der Waals surface area contributed by atoms with Crippen LogP contribution in [0.4, 0.5) is 4.39 Å². The molecule has 0 aliphatic rings. The summed E-state index contributed by atoms with van der Waals surface area (Å²) in [6.07, 6.45) is 0.923. The second-order valence-corrected chi connectivity index (χ2v) is 2.95. The van der Waals surface area contributed by atoms with Crippen LogP contribution in [0.3, 0.4) is 0 Å². The molecule has 0 amide bonds. The smallest absolute Gasteiger partial charge is 0.168 e. The molecule has 0 bridgehead atoms. The van der Waals surface area contributed by atoms with E-state index in [-0.39, 0.29) is 11.9 Å². The van der Waals surface area contributed by atoms with Gasteiger partial charge in [0.15, 0.2) is 11.6 Å². The van der Waals surface area contributed by atoms with Gasteiger partial charge in [0.05, 0.1) is 6.10 Å². The molecule has 0 radical (unpaired) electrons. The van der Waals surface area contributed by atoms with Gasteiger partial charge in [0, 0.05) is 6.07 Å². The summed E-state index contributed by atoms with van der Waals surface area (Å²) < 4.78 is 18.2. The molecule has 0 aliphatic carbocycles. The van der Waals surface area contributed by atoms with Crippen LogP contribution in [0, 0.1) is 5.82 Å². The first-order valence-electron chi connectivity index (χ1n) is 4.28. The number of rotatable bonds is 3. The summed E-state index contributed by atoms with van der Waals surface area (Å²) in [5, 5.41) is 8.90. The van der Waals surface area contributed by atoms with E-state index >= 15 is 0 Å². The van der Waals surface area contributed by atoms with Crippen LogP contribution < -0.4 is 4.74 Å². The number of ether oxygens (including phenoxy) is 1. The van der Waals surface area contributed by atoms with E-state index in [0.29, 0.717) is 5.75 Å². The second-order valence-electron chi connectivity index (χ2n) is 2.95. The van der Waals surface area contributed by atoms with Crippen molar-refractivity contribution in [1.82, 2.24) is 0 Å². The number of hydrogen-bond acceptors (Lipinski definition) is 2. The molecule has 72 valence electrons. The third kappa shape index (κ3) is 2.61. The number of hydrogen-bond donors (Lipinski definition) is 1. The van der Waals surface area contributed by atoms with Crippen molar-refractivity contribution in [2.24, 2.45) is 0 Å². The maximum absolute atomic E-state index is 12.8. The van der Waals surface area contributed by atoms with Gasteiger partial charge in [0.25, 0.3) is 0 Å². The zero-order valence-corrected chi connectivity index (χ0v) is 7.75. The molecule has 2 nitrogen and oxygen atoms in total. The first kappa shape index (κ1) is 9.84. The summed E-state index contributed by atoms with van der Waals surface area (Å²) in [5.74, 6) is -0.554. The highest BCUT2D eigenvalue weighted by atomic mass is 19.1. The normalized spacial score (nSPS) is 12.5. The molecular formula is C10H13FO2. The number of benzene rings is 1. The molecule has 1 N–H and O–H groups in total. The summed E-state index contributed by atoms with van der Waals surface area (Å²) >= 11 is 0. The average molecular weight is 184 g/mol. The molecule has 0 aromatic heterocycles. The maximum Gasteiger partial charge on any atom is 0.168 e. The standard InChI is InChI=1S/C10H13FO2/c1-3-7(2)13-8-4-5-10(12)9(11)6-8/h4-7,12H,3H2,1-2H3. The summed E-state index contributed by atoms with van der Waals surface area (Å²) in [4.78, 5) is 0. The van der Waals surface area contributed by atoms with Gasteiger partial charge in [-0.05, 0) is 25.5 Å². The van der Waals surface area contributed by atoms with Gasteiger partial charge in [-0.2, -0.15) is 0 Å². The number of phenolic OH excluding ortho intramolecular Hbond substituents is 1. The lowest BCUT2D eigenvalue weighted by molar-refractivity contribution is 0.216. The van der Waals surface area contributed by atoms with Crippen LogP contribution in [0.1, 0.15) is 20.3 Å². The zero-order valence-electron chi connectivity index (χ0n) is 7.75. The number of halogens is 1. The lowest BCUT2D eigenvalue weighted by atomic mass is 10.3. The highest BCUT2D eigenvalue weighted by Gasteiger charge is 2.04. The van der Waals surface area contributed by atoms with Gasteiger partial charge in [-0.15, -0.1) is 0 Å². The van der Waals surface area contributed by atoms with Gasteiger partial charge < -0.3 is 9.84 Å². The number of aromatic hydroxyl groups is 1. The summed E-state index contributed by atoms with van der Waals surface area (Å²) in [6, 6.07) is 4.01. The fourth-order valence-corrected chi connectivity index (χ4v) is 0.877. The van der Waals surface area contributed by atoms with Crippen LogP contribution in [0.15, 0.2) is 18.2 Å². The van der Waals surface area contributed by atoms with Crippen molar-refractivity contribution in [3.63, 3.8) is 0 Å². The second kappa shape index (κ2) is 4.12. The van der Waals surface area contributed by atoms with Crippen LogP contribution in [-0.2, 0) is 0 Å².